The SMILES string of the molecule is CC(F)(F)c1nccc(-n2nc(N3CC4(C3)OCC4(F)F)c3cnc(Cl)cc32)n1. The van der Waals surface area contributed by atoms with Crippen LogP contribution in [0.2, 0.25) is 5.15 Å². The highest BCUT2D eigenvalue weighted by Crippen LogP contribution is 2.49. The van der Waals surface area contributed by atoms with Crippen molar-refractivity contribution in [1.82, 2.24) is 24.7 Å². The Morgan fingerprint density at radius 2 is 2.00 bits per heavy atom. The van der Waals surface area contributed by atoms with Gasteiger partial charge in [0.1, 0.15) is 11.8 Å². The van der Waals surface area contributed by atoms with Gasteiger partial charge in [-0.1, -0.05) is 11.6 Å². The second-order valence-corrected chi connectivity index (χ2v) is 7.62. The van der Waals surface area contributed by atoms with Crippen LogP contribution in [-0.4, -0.2) is 56.0 Å². The molecule has 2 saturated heterocycles. The first kappa shape index (κ1) is 18.5. The van der Waals surface area contributed by atoms with Crippen molar-refractivity contribution in [3.05, 3.63) is 35.5 Å². The molecule has 152 valence electrons. The number of pyridine rings is 1. The van der Waals surface area contributed by atoms with Crippen LogP contribution in [0.5, 0.6) is 0 Å². The number of halogens is 5. The summed E-state index contributed by atoms with van der Waals surface area (Å²) >= 11 is 6.00. The Bertz CT molecular complexity index is 1120. The van der Waals surface area contributed by atoms with Gasteiger partial charge in [0.25, 0.3) is 0 Å². The highest BCUT2D eigenvalue weighted by Gasteiger charge is 2.69. The lowest BCUT2D eigenvalue weighted by Gasteiger charge is -2.59. The summed E-state index contributed by atoms with van der Waals surface area (Å²) in [7, 11) is 0. The van der Waals surface area contributed by atoms with E-state index in [-0.39, 0.29) is 24.1 Å². The van der Waals surface area contributed by atoms with Gasteiger partial charge in [0.2, 0.25) is 5.82 Å². The topological polar surface area (TPSA) is 69.0 Å². The molecule has 5 heterocycles. The molecule has 0 amide bonds. The minimum atomic E-state index is -3.24. The van der Waals surface area contributed by atoms with E-state index in [1.54, 1.807) is 4.90 Å². The summed E-state index contributed by atoms with van der Waals surface area (Å²) in [5.41, 5.74) is -1.05. The summed E-state index contributed by atoms with van der Waals surface area (Å²) in [5, 5.41) is 5.11. The summed E-state index contributed by atoms with van der Waals surface area (Å²) in [5.74, 6) is -6.33. The normalized spacial score (nSPS) is 20.0. The molecular weight excluding hydrogens is 416 g/mol. The number of hydrogen-bond acceptors (Lipinski definition) is 6. The lowest BCUT2D eigenvalue weighted by Crippen LogP contribution is -2.79. The van der Waals surface area contributed by atoms with Crippen LogP contribution in [-0.2, 0) is 10.7 Å². The summed E-state index contributed by atoms with van der Waals surface area (Å²) in [6.07, 6.45) is 2.66. The molecule has 0 aliphatic carbocycles. The fourth-order valence-corrected chi connectivity index (χ4v) is 3.64. The molecule has 0 saturated carbocycles. The van der Waals surface area contributed by atoms with Gasteiger partial charge in [-0.25, -0.2) is 28.4 Å². The molecule has 29 heavy (non-hydrogen) atoms. The average molecular weight is 429 g/mol. The molecule has 0 bridgehead atoms. The van der Waals surface area contributed by atoms with Crippen LogP contribution in [0.1, 0.15) is 12.7 Å². The summed E-state index contributed by atoms with van der Waals surface area (Å²) in [6, 6.07) is 2.92. The molecule has 5 rings (SSSR count). The molecule has 0 aromatic carbocycles. The molecule has 12 heteroatoms. The molecule has 3 aromatic rings. The largest absolute Gasteiger partial charge is 0.358 e. The minimum Gasteiger partial charge on any atom is -0.358 e. The zero-order valence-electron chi connectivity index (χ0n) is 14.9. The standard InChI is InChI=1S/C17H13ClF4N6O/c1-15(19,20)14-23-3-2-12(25-14)28-10-4-11(18)24-5-9(10)13(26-28)27-6-16(7-27)17(21,22)8-29-16/h2-5H,6-8H2,1H3. The molecule has 2 fully saturated rings. The zero-order chi connectivity index (χ0) is 20.6. The van der Waals surface area contributed by atoms with Crippen LogP contribution in [0.25, 0.3) is 16.7 Å². The second-order valence-electron chi connectivity index (χ2n) is 7.23. The van der Waals surface area contributed by atoms with E-state index in [0.29, 0.717) is 23.6 Å². The van der Waals surface area contributed by atoms with Crippen molar-refractivity contribution >= 4 is 28.3 Å². The van der Waals surface area contributed by atoms with Crippen molar-refractivity contribution in [1.29, 1.82) is 0 Å². The van der Waals surface area contributed by atoms with Crippen molar-refractivity contribution < 1.29 is 22.3 Å². The van der Waals surface area contributed by atoms with E-state index in [2.05, 4.69) is 20.1 Å². The number of ether oxygens (including phenoxy) is 1. The van der Waals surface area contributed by atoms with Crippen LogP contribution in [0, 0.1) is 0 Å². The van der Waals surface area contributed by atoms with Crippen LogP contribution in [0.15, 0.2) is 24.5 Å². The van der Waals surface area contributed by atoms with Crippen LogP contribution in [0.4, 0.5) is 23.4 Å². The zero-order valence-corrected chi connectivity index (χ0v) is 15.7. The fourth-order valence-electron chi connectivity index (χ4n) is 3.49. The van der Waals surface area contributed by atoms with E-state index in [1.807, 2.05) is 0 Å². The Kier molecular flexibility index (Phi) is 3.67. The lowest BCUT2D eigenvalue weighted by atomic mass is 9.82. The Balaban J connectivity index is 1.59. The molecule has 3 aromatic heterocycles. The lowest BCUT2D eigenvalue weighted by molar-refractivity contribution is -0.336. The van der Waals surface area contributed by atoms with Crippen molar-refractivity contribution in [2.24, 2.45) is 0 Å². The molecule has 0 unspecified atom stereocenters. The van der Waals surface area contributed by atoms with E-state index in [0.717, 1.165) is 0 Å². The summed E-state index contributed by atoms with van der Waals surface area (Å²) in [4.78, 5) is 13.2. The second kappa shape index (κ2) is 5.76. The molecule has 2 aliphatic heterocycles. The Hall–Kier alpha value is -2.53. The third-order valence-electron chi connectivity index (χ3n) is 5.15. The fraction of sp³-hybridized carbons (Fsp3) is 0.412. The van der Waals surface area contributed by atoms with E-state index in [4.69, 9.17) is 16.3 Å². The minimum absolute atomic E-state index is 0.0448. The maximum atomic E-state index is 13.8. The first-order chi connectivity index (χ1) is 13.6. The van der Waals surface area contributed by atoms with Crippen molar-refractivity contribution in [2.75, 3.05) is 24.6 Å². The summed E-state index contributed by atoms with van der Waals surface area (Å²) < 4.78 is 61.4. The average Bonchev–Trinajstić information content (AvgIpc) is 2.98. The number of alkyl halides is 4. The molecular formula is C17H13ClF4N6O. The van der Waals surface area contributed by atoms with E-state index in [1.165, 1.54) is 29.2 Å². The summed E-state index contributed by atoms with van der Waals surface area (Å²) in [6.45, 7) is 0.00750. The van der Waals surface area contributed by atoms with Gasteiger partial charge in [0.05, 0.1) is 24.0 Å². The first-order valence-corrected chi connectivity index (χ1v) is 9.00. The highest BCUT2D eigenvalue weighted by atomic mass is 35.5. The molecule has 2 aliphatic rings. The first-order valence-electron chi connectivity index (χ1n) is 8.62. The maximum absolute atomic E-state index is 13.8. The van der Waals surface area contributed by atoms with Crippen LogP contribution >= 0.6 is 11.6 Å². The predicted molar refractivity (Wildman–Crippen MR) is 94.9 cm³/mol. The monoisotopic (exact) mass is 428 g/mol. The molecule has 0 atom stereocenters. The van der Waals surface area contributed by atoms with E-state index < -0.39 is 29.9 Å². The van der Waals surface area contributed by atoms with Gasteiger partial charge in [-0.15, -0.1) is 5.10 Å². The van der Waals surface area contributed by atoms with Gasteiger partial charge in [-0.2, -0.15) is 8.78 Å². The van der Waals surface area contributed by atoms with E-state index >= 15 is 0 Å². The number of anilines is 1. The molecule has 1 spiro atoms. The van der Waals surface area contributed by atoms with Crippen LogP contribution in [0.3, 0.4) is 0 Å². The quantitative estimate of drug-likeness (QED) is 0.471. The Morgan fingerprint density at radius 1 is 1.24 bits per heavy atom. The van der Waals surface area contributed by atoms with Crippen LogP contribution < -0.4 is 4.90 Å². The predicted octanol–water partition coefficient (Wildman–Crippen LogP) is 3.20. The number of hydrogen-bond donors (Lipinski definition) is 0. The van der Waals surface area contributed by atoms with Crippen molar-refractivity contribution in [3.8, 4) is 5.82 Å². The number of rotatable bonds is 3. The maximum Gasteiger partial charge on any atom is 0.303 e. The highest BCUT2D eigenvalue weighted by molar-refractivity contribution is 6.30. The smallest absolute Gasteiger partial charge is 0.303 e. The van der Waals surface area contributed by atoms with Gasteiger partial charge in [0, 0.05) is 31.5 Å². The Labute approximate surface area is 166 Å². The third-order valence-corrected chi connectivity index (χ3v) is 5.36. The van der Waals surface area contributed by atoms with E-state index in [9.17, 15) is 17.6 Å². The number of fused-ring (bicyclic) bond motifs is 1. The van der Waals surface area contributed by atoms with Crippen molar-refractivity contribution in [3.63, 3.8) is 0 Å². The van der Waals surface area contributed by atoms with Gasteiger partial charge < -0.3 is 9.64 Å². The van der Waals surface area contributed by atoms with Gasteiger partial charge in [-0.3, -0.25) is 0 Å². The number of aromatic nitrogens is 5. The molecule has 7 nitrogen and oxygen atoms in total. The number of nitrogens with zero attached hydrogens (tertiary/aromatic N) is 6. The third kappa shape index (κ3) is 2.67. The molecule has 0 radical (unpaired) electrons. The van der Waals surface area contributed by atoms with Gasteiger partial charge in [-0.05, 0) is 0 Å². The van der Waals surface area contributed by atoms with Crippen molar-refractivity contribution in [2.45, 2.75) is 24.4 Å². The Morgan fingerprint density at radius 3 is 2.62 bits per heavy atom. The molecule has 0 N–H and O–H groups in total. The van der Waals surface area contributed by atoms with Gasteiger partial charge >= 0.3 is 11.8 Å². The van der Waals surface area contributed by atoms with Gasteiger partial charge in [0.15, 0.2) is 17.2 Å².